The summed E-state index contributed by atoms with van der Waals surface area (Å²) < 4.78 is 1.82. The maximum Gasteiger partial charge on any atom is 0.231 e. The summed E-state index contributed by atoms with van der Waals surface area (Å²) in [4.78, 5) is 12.2. The average molecular weight is 258 g/mol. The molecule has 0 spiro atoms. The number of carbonyl (C=O) groups excluding carboxylic acids is 1. The number of benzene rings is 1. The Bertz CT molecular complexity index is 557. The standard InChI is InChI=1S/C16H22N2O/c1-2-3-10-16(19)18-12-13(7-6-11-17)14-8-4-5-9-15(14)18/h4-5,8-9,12H,2-3,6-7,10-11,17H2,1H3. The molecule has 1 heterocycles. The molecule has 0 atom stereocenters. The van der Waals surface area contributed by atoms with E-state index in [1.807, 2.05) is 29.0 Å². The van der Waals surface area contributed by atoms with E-state index in [4.69, 9.17) is 5.73 Å². The first-order chi connectivity index (χ1) is 9.27. The summed E-state index contributed by atoms with van der Waals surface area (Å²) in [5.41, 5.74) is 7.83. The molecule has 0 amide bonds. The summed E-state index contributed by atoms with van der Waals surface area (Å²) in [5.74, 6) is 0.192. The Labute approximate surface area is 114 Å². The number of hydrogen-bond acceptors (Lipinski definition) is 2. The fourth-order valence-electron chi connectivity index (χ4n) is 2.40. The summed E-state index contributed by atoms with van der Waals surface area (Å²) in [7, 11) is 0. The van der Waals surface area contributed by atoms with Crippen LogP contribution in [0.15, 0.2) is 30.5 Å². The van der Waals surface area contributed by atoms with E-state index in [2.05, 4.69) is 13.0 Å². The molecule has 1 aromatic carbocycles. The Morgan fingerprint density at radius 2 is 2.05 bits per heavy atom. The van der Waals surface area contributed by atoms with Crippen LogP contribution in [0.3, 0.4) is 0 Å². The number of carbonyl (C=O) groups is 1. The number of aromatic nitrogens is 1. The van der Waals surface area contributed by atoms with Gasteiger partial charge in [0.05, 0.1) is 5.52 Å². The van der Waals surface area contributed by atoms with Gasteiger partial charge in [-0.05, 0) is 37.4 Å². The van der Waals surface area contributed by atoms with Gasteiger partial charge in [0.25, 0.3) is 0 Å². The van der Waals surface area contributed by atoms with E-state index in [9.17, 15) is 4.79 Å². The number of nitrogens with two attached hydrogens (primary N) is 1. The molecule has 1 aromatic heterocycles. The second-order valence-corrected chi connectivity index (χ2v) is 4.93. The zero-order chi connectivity index (χ0) is 13.7. The topological polar surface area (TPSA) is 48.0 Å². The van der Waals surface area contributed by atoms with Crippen molar-refractivity contribution in [1.82, 2.24) is 4.57 Å². The molecule has 2 aromatic rings. The van der Waals surface area contributed by atoms with Crippen molar-refractivity contribution in [2.75, 3.05) is 6.54 Å². The van der Waals surface area contributed by atoms with Gasteiger partial charge in [-0.2, -0.15) is 0 Å². The van der Waals surface area contributed by atoms with E-state index in [1.165, 1.54) is 10.9 Å². The van der Waals surface area contributed by atoms with Crippen molar-refractivity contribution in [3.63, 3.8) is 0 Å². The SMILES string of the molecule is CCCCC(=O)n1cc(CCCN)c2ccccc21. The van der Waals surface area contributed by atoms with E-state index in [1.54, 1.807) is 0 Å². The Hall–Kier alpha value is -1.61. The fraction of sp³-hybridized carbons (Fsp3) is 0.438. The smallest absolute Gasteiger partial charge is 0.231 e. The van der Waals surface area contributed by atoms with Crippen LogP contribution in [0.25, 0.3) is 10.9 Å². The average Bonchev–Trinajstić information content (AvgIpc) is 2.81. The second kappa shape index (κ2) is 6.53. The molecule has 0 aliphatic carbocycles. The van der Waals surface area contributed by atoms with Crippen molar-refractivity contribution >= 4 is 16.8 Å². The summed E-state index contributed by atoms with van der Waals surface area (Å²) in [6.07, 6.45) is 6.50. The fourth-order valence-corrected chi connectivity index (χ4v) is 2.40. The van der Waals surface area contributed by atoms with Gasteiger partial charge in [0.15, 0.2) is 0 Å². The molecule has 3 heteroatoms. The molecule has 0 radical (unpaired) electrons. The third kappa shape index (κ3) is 3.04. The lowest BCUT2D eigenvalue weighted by Crippen LogP contribution is -2.08. The number of hydrogen-bond donors (Lipinski definition) is 1. The first-order valence-corrected chi connectivity index (χ1v) is 7.10. The zero-order valence-corrected chi connectivity index (χ0v) is 11.6. The van der Waals surface area contributed by atoms with Crippen molar-refractivity contribution in [3.05, 3.63) is 36.0 Å². The normalized spacial score (nSPS) is 11.1. The Morgan fingerprint density at radius 1 is 1.26 bits per heavy atom. The third-order valence-electron chi connectivity index (χ3n) is 3.46. The molecule has 3 nitrogen and oxygen atoms in total. The number of nitrogens with zero attached hydrogens (tertiary/aromatic N) is 1. The second-order valence-electron chi connectivity index (χ2n) is 4.93. The van der Waals surface area contributed by atoms with Gasteiger partial charge >= 0.3 is 0 Å². The van der Waals surface area contributed by atoms with Crippen LogP contribution < -0.4 is 5.73 Å². The van der Waals surface area contributed by atoms with Crippen molar-refractivity contribution < 1.29 is 4.79 Å². The van der Waals surface area contributed by atoms with E-state index in [0.29, 0.717) is 13.0 Å². The summed E-state index contributed by atoms with van der Waals surface area (Å²) in [5, 5.41) is 1.18. The highest BCUT2D eigenvalue weighted by Crippen LogP contribution is 2.23. The molecule has 0 aliphatic heterocycles. The minimum absolute atomic E-state index is 0.192. The van der Waals surface area contributed by atoms with Crippen LogP contribution in [0.5, 0.6) is 0 Å². The van der Waals surface area contributed by atoms with Crippen LogP contribution in [0.4, 0.5) is 0 Å². The van der Waals surface area contributed by atoms with Crippen molar-refractivity contribution in [1.29, 1.82) is 0 Å². The first kappa shape index (κ1) is 13.8. The van der Waals surface area contributed by atoms with E-state index >= 15 is 0 Å². The third-order valence-corrected chi connectivity index (χ3v) is 3.46. The molecular weight excluding hydrogens is 236 g/mol. The van der Waals surface area contributed by atoms with Crippen molar-refractivity contribution in [3.8, 4) is 0 Å². The van der Waals surface area contributed by atoms with Crippen LogP contribution in [-0.2, 0) is 6.42 Å². The molecule has 2 rings (SSSR count). The molecule has 0 aliphatic rings. The van der Waals surface area contributed by atoms with Crippen LogP contribution in [0, 0.1) is 0 Å². The summed E-state index contributed by atoms with van der Waals surface area (Å²) >= 11 is 0. The predicted molar refractivity (Wildman–Crippen MR) is 79.5 cm³/mol. The van der Waals surface area contributed by atoms with Gasteiger partial charge in [0, 0.05) is 18.0 Å². The number of rotatable bonds is 6. The molecule has 19 heavy (non-hydrogen) atoms. The van der Waals surface area contributed by atoms with Crippen LogP contribution in [0.2, 0.25) is 0 Å². The number of unbranched alkanes of at least 4 members (excludes halogenated alkanes) is 1. The quantitative estimate of drug-likeness (QED) is 0.863. The van der Waals surface area contributed by atoms with E-state index in [-0.39, 0.29) is 5.91 Å². The predicted octanol–water partition coefficient (Wildman–Crippen LogP) is 3.36. The molecule has 0 saturated heterocycles. The first-order valence-electron chi connectivity index (χ1n) is 7.10. The molecule has 0 bridgehead atoms. The Balaban J connectivity index is 2.35. The van der Waals surface area contributed by atoms with Crippen molar-refractivity contribution in [2.24, 2.45) is 5.73 Å². The lowest BCUT2D eigenvalue weighted by atomic mass is 10.1. The largest absolute Gasteiger partial charge is 0.330 e. The van der Waals surface area contributed by atoms with Gasteiger partial charge in [-0.3, -0.25) is 9.36 Å². The minimum Gasteiger partial charge on any atom is -0.330 e. The van der Waals surface area contributed by atoms with Gasteiger partial charge in [-0.25, -0.2) is 0 Å². The van der Waals surface area contributed by atoms with Crippen molar-refractivity contribution in [2.45, 2.75) is 39.0 Å². The summed E-state index contributed by atoms with van der Waals surface area (Å²) in [6, 6.07) is 8.11. The van der Waals surface area contributed by atoms with Gasteiger partial charge in [0.1, 0.15) is 0 Å². The number of para-hydroxylation sites is 1. The number of fused-ring (bicyclic) bond motifs is 1. The Morgan fingerprint density at radius 3 is 2.79 bits per heavy atom. The van der Waals surface area contributed by atoms with Crippen LogP contribution in [0.1, 0.15) is 43.0 Å². The van der Waals surface area contributed by atoms with Crippen LogP contribution in [-0.4, -0.2) is 17.0 Å². The zero-order valence-electron chi connectivity index (χ0n) is 11.6. The molecule has 0 unspecified atom stereocenters. The van der Waals surface area contributed by atoms with Gasteiger partial charge in [-0.15, -0.1) is 0 Å². The Kier molecular flexibility index (Phi) is 4.74. The molecular formula is C16H22N2O. The lowest BCUT2D eigenvalue weighted by molar-refractivity contribution is 0.0905. The maximum absolute atomic E-state index is 12.2. The van der Waals surface area contributed by atoms with Gasteiger partial charge in [-0.1, -0.05) is 31.5 Å². The van der Waals surface area contributed by atoms with E-state index in [0.717, 1.165) is 31.2 Å². The summed E-state index contributed by atoms with van der Waals surface area (Å²) in [6.45, 7) is 2.79. The lowest BCUT2D eigenvalue weighted by Gasteiger charge is -2.02. The molecule has 102 valence electrons. The minimum atomic E-state index is 0.192. The van der Waals surface area contributed by atoms with E-state index < -0.39 is 0 Å². The monoisotopic (exact) mass is 258 g/mol. The maximum atomic E-state index is 12.2. The highest BCUT2D eigenvalue weighted by Gasteiger charge is 2.12. The number of aryl methyl sites for hydroxylation is 1. The molecule has 0 fully saturated rings. The van der Waals surface area contributed by atoms with Crippen LogP contribution >= 0.6 is 0 Å². The highest BCUT2D eigenvalue weighted by atomic mass is 16.2. The molecule has 0 saturated carbocycles. The van der Waals surface area contributed by atoms with Gasteiger partial charge in [0.2, 0.25) is 5.91 Å². The highest BCUT2D eigenvalue weighted by molar-refractivity contribution is 5.94. The molecule has 2 N–H and O–H groups in total. The van der Waals surface area contributed by atoms with Gasteiger partial charge < -0.3 is 5.73 Å².